The Hall–Kier alpha value is -1.72. The van der Waals surface area contributed by atoms with Gasteiger partial charge in [-0.2, -0.15) is 0 Å². The van der Waals surface area contributed by atoms with Gasteiger partial charge in [0.05, 0.1) is 26.3 Å². The highest BCUT2D eigenvalue weighted by Crippen LogP contribution is 2.41. The number of allylic oxidation sites excluding steroid dienone is 1. The molecule has 1 aromatic heterocycles. The molecule has 3 aliphatic rings. The minimum Gasteiger partial charge on any atom is -0.376 e. The molecule has 1 spiro atoms. The Morgan fingerprint density at radius 1 is 1.32 bits per heavy atom. The van der Waals surface area contributed by atoms with Crippen molar-refractivity contribution >= 4 is 5.91 Å². The Kier molecular flexibility index (Phi) is 4.86. The van der Waals surface area contributed by atoms with E-state index in [-0.39, 0.29) is 11.5 Å². The molecule has 5 nitrogen and oxygen atoms in total. The molecule has 4 rings (SSSR count). The Labute approximate surface area is 149 Å². The van der Waals surface area contributed by atoms with Crippen molar-refractivity contribution in [3.05, 3.63) is 41.7 Å². The second-order valence-electron chi connectivity index (χ2n) is 7.41. The summed E-state index contributed by atoms with van der Waals surface area (Å²) in [5.74, 6) is 0.594. The number of pyridine rings is 1. The lowest BCUT2D eigenvalue weighted by molar-refractivity contribution is -0.165. The largest absolute Gasteiger partial charge is 0.376 e. The van der Waals surface area contributed by atoms with Gasteiger partial charge in [0.15, 0.2) is 0 Å². The van der Waals surface area contributed by atoms with E-state index >= 15 is 0 Å². The minimum atomic E-state index is -0.177. The van der Waals surface area contributed by atoms with Crippen molar-refractivity contribution in [2.24, 2.45) is 5.92 Å². The SMILES string of the molecule is O=C(C1=CCCCC1)N1CC2(C1)OCC[C@@H]2COCc1ccncc1. The zero-order valence-electron chi connectivity index (χ0n) is 14.7. The Bertz CT molecular complexity index is 638. The number of hydrogen-bond donors (Lipinski definition) is 0. The van der Waals surface area contributed by atoms with Crippen LogP contribution in [0.4, 0.5) is 0 Å². The highest BCUT2D eigenvalue weighted by molar-refractivity contribution is 5.94. The smallest absolute Gasteiger partial charge is 0.249 e. The number of carbonyl (C=O) groups excluding carboxylic acids is 1. The molecule has 1 aromatic rings. The average Bonchev–Trinajstić information content (AvgIpc) is 3.05. The van der Waals surface area contributed by atoms with E-state index in [1.807, 2.05) is 17.0 Å². The van der Waals surface area contributed by atoms with Crippen LogP contribution in [-0.4, -0.2) is 47.7 Å². The molecule has 0 N–H and O–H groups in total. The monoisotopic (exact) mass is 342 g/mol. The van der Waals surface area contributed by atoms with Gasteiger partial charge in [0.1, 0.15) is 5.60 Å². The van der Waals surface area contributed by atoms with E-state index < -0.39 is 0 Å². The molecule has 0 saturated carbocycles. The van der Waals surface area contributed by atoms with Crippen molar-refractivity contribution in [2.75, 3.05) is 26.3 Å². The number of amides is 1. The minimum absolute atomic E-state index is 0.177. The summed E-state index contributed by atoms with van der Waals surface area (Å²) in [5, 5.41) is 0. The fourth-order valence-corrected chi connectivity index (χ4v) is 4.15. The van der Waals surface area contributed by atoms with Gasteiger partial charge in [-0.3, -0.25) is 9.78 Å². The molecular formula is C20H26N2O3. The van der Waals surface area contributed by atoms with Crippen molar-refractivity contribution in [3.8, 4) is 0 Å². The van der Waals surface area contributed by atoms with E-state index in [0.29, 0.717) is 32.2 Å². The van der Waals surface area contributed by atoms with Gasteiger partial charge in [0.2, 0.25) is 5.91 Å². The van der Waals surface area contributed by atoms with E-state index in [4.69, 9.17) is 9.47 Å². The van der Waals surface area contributed by atoms with Crippen LogP contribution < -0.4 is 0 Å². The van der Waals surface area contributed by atoms with Gasteiger partial charge < -0.3 is 14.4 Å². The van der Waals surface area contributed by atoms with Crippen LogP contribution in [0.3, 0.4) is 0 Å². The molecule has 2 fully saturated rings. The van der Waals surface area contributed by atoms with E-state index in [2.05, 4.69) is 11.1 Å². The van der Waals surface area contributed by atoms with Crippen LogP contribution in [0.1, 0.15) is 37.7 Å². The van der Waals surface area contributed by atoms with Crippen LogP contribution in [-0.2, 0) is 20.9 Å². The highest BCUT2D eigenvalue weighted by atomic mass is 16.5. The summed E-state index contributed by atoms with van der Waals surface area (Å²) in [4.78, 5) is 18.6. The standard InChI is InChI=1S/C20H26N2O3/c23-19(17-4-2-1-3-5-17)22-14-20(15-22)18(8-11-25-20)13-24-12-16-6-9-21-10-7-16/h4,6-7,9-10,18H,1-3,5,8,11-15H2/t18-/m1/s1. The van der Waals surface area contributed by atoms with Gasteiger partial charge in [0, 0.05) is 30.5 Å². The molecule has 0 radical (unpaired) electrons. The van der Waals surface area contributed by atoms with Gasteiger partial charge in [-0.05, 0) is 49.8 Å². The number of ether oxygens (including phenoxy) is 2. The van der Waals surface area contributed by atoms with Crippen molar-refractivity contribution in [1.82, 2.24) is 9.88 Å². The molecule has 1 aliphatic carbocycles. The summed E-state index contributed by atoms with van der Waals surface area (Å²) in [6, 6.07) is 3.95. The lowest BCUT2D eigenvalue weighted by Gasteiger charge is -2.50. The van der Waals surface area contributed by atoms with Crippen molar-refractivity contribution < 1.29 is 14.3 Å². The number of carbonyl (C=O) groups is 1. The Balaban J connectivity index is 1.29. The molecule has 1 atom stereocenters. The number of rotatable bonds is 5. The molecule has 0 bridgehead atoms. The first kappa shape index (κ1) is 16.7. The number of hydrogen-bond acceptors (Lipinski definition) is 4. The molecule has 1 amide bonds. The fraction of sp³-hybridized carbons (Fsp3) is 0.600. The second-order valence-corrected chi connectivity index (χ2v) is 7.41. The van der Waals surface area contributed by atoms with Crippen molar-refractivity contribution in [1.29, 1.82) is 0 Å². The van der Waals surface area contributed by atoms with Crippen molar-refractivity contribution in [2.45, 2.75) is 44.3 Å². The molecule has 0 aromatic carbocycles. The summed E-state index contributed by atoms with van der Waals surface area (Å²) in [6.45, 7) is 3.49. The molecule has 5 heteroatoms. The first-order valence-corrected chi connectivity index (χ1v) is 9.36. The third-order valence-electron chi connectivity index (χ3n) is 5.71. The molecule has 134 valence electrons. The third kappa shape index (κ3) is 3.48. The molecular weight excluding hydrogens is 316 g/mol. The summed E-state index contributed by atoms with van der Waals surface area (Å²) in [7, 11) is 0. The predicted octanol–water partition coefficient (Wildman–Crippen LogP) is 2.72. The molecule has 2 aliphatic heterocycles. The fourth-order valence-electron chi connectivity index (χ4n) is 4.15. The molecule has 3 heterocycles. The summed E-state index contributed by atoms with van der Waals surface area (Å²) in [6.07, 6.45) is 11.0. The zero-order chi connectivity index (χ0) is 17.1. The number of nitrogens with zero attached hydrogens (tertiary/aromatic N) is 2. The average molecular weight is 342 g/mol. The maximum atomic E-state index is 12.6. The summed E-state index contributed by atoms with van der Waals surface area (Å²) < 4.78 is 12.0. The zero-order valence-corrected chi connectivity index (χ0v) is 14.7. The maximum Gasteiger partial charge on any atom is 0.249 e. The molecule has 0 unspecified atom stereocenters. The second kappa shape index (κ2) is 7.26. The summed E-state index contributed by atoms with van der Waals surface area (Å²) >= 11 is 0. The van der Waals surface area contributed by atoms with Gasteiger partial charge in [0.25, 0.3) is 0 Å². The Morgan fingerprint density at radius 3 is 2.92 bits per heavy atom. The first-order chi connectivity index (χ1) is 12.3. The van der Waals surface area contributed by atoms with E-state index in [9.17, 15) is 4.79 Å². The Morgan fingerprint density at radius 2 is 2.16 bits per heavy atom. The van der Waals surface area contributed by atoms with Crippen LogP contribution in [0.5, 0.6) is 0 Å². The van der Waals surface area contributed by atoms with Crippen LogP contribution in [0, 0.1) is 5.92 Å². The van der Waals surface area contributed by atoms with E-state index in [1.54, 1.807) is 12.4 Å². The highest BCUT2D eigenvalue weighted by Gasteiger charge is 2.54. The maximum absolute atomic E-state index is 12.6. The van der Waals surface area contributed by atoms with Gasteiger partial charge in [-0.1, -0.05) is 6.08 Å². The third-order valence-corrected chi connectivity index (χ3v) is 5.71. The lowest BCUT2D eigenvalue weighted by Crippen LogP contribution is -2.66. The molecule has 25 heavy (non-hydrogen) atoms. The summed E-state index contributed by atoms with van der Waals surface area (Å²) in [5.41, 5.74) is 1.96. The quantitative estimate of drug-likeness (QED) is 0.826. The van der Waals surface area contributed by atoms with Gasteiger partial charge >= 0.3 is 0 Å². The topological polar surface area (TPSA) is 51.7 Å². The van der Waals surface area contributed by atoms with E-state index in [0.717, 1.165) is 43.4 Å². The lowest BCUT2D eigenvalue weighted by atomic mass is 9.80. The van der Waals surface area contributed by atoms with Gasteiger partial charge in [-0.15, -0.1) is 0 Å². The molecule has 2 saturated heterocycles. The van der Waals surface area contributed by atoms with E-state index in [1.165, 1.54) is 6.42 Å². The van der Waals surface area contributed by atoms with Gasteiger partial charge in [-0.25, -0.2) is 0 Å². The van der Waals surface area contributed by atoms with Crippen LogP contribution in [0.15, 0.2) is 36.2 Å². The van der Waals surface area contributed by atoms with Crippen LogP contribution in [0.2, 0.25) is 0 Å². The number of aromatic nitrogens is 1. The van der Waals surface area contributed by atoms with Crippen molar-refractivity contribution in [3.63, 3.8) is 0 Å². The predicted molar refractivity (Wildman–Crippen MR) is 93.8 cm³/mol. The van der Waals surface area contributed by atoms with Crippen LogP contribution >= 0.6 is 0 Å². The van der Waals surface area contributed by atoms with Crippen LogP contribution in [0.25, 0.3) is 0 Å². The number of likely N-dealkylation sites (tertiary alicyclic amines) is 1. The normalized spacial score (nSPS) is 24.9. The first-order valence-electron chi connectivity index (χ1n) is 9.36.